The van der Waals surface area contributed by atoms with Crippen molar-refractivity contribution in [1.29, 1.82) is 0 Å². The Morgan fingerprint density at radius 1 is 1.38 bits per heavy atom. The van der Waals surface area contributed by atoms with Crippen molar-refractivity contribution >= 4 is 11.8 Å². The summed E-state index contributed by atoms with van der Waals surface area (Å²) in [4.78, 5) is 28.4. The minimum atomic E-state index is -0.581. The van der Waals surface area contributed by atoms with Crippen LogP contribution < -0.4 is 5.32 Å². The smallest absolute Gasteiger partial charge is 0.226 e. The Morgan fingerprint density at radius 2 is 2.08 bits per heavy atom. The number of hydrogen-bond acceptors (Lipinski definition) is 3. The van der Waals surface area contributed by atoms with Crippen molar-refractivity contribution in [2.45, 2.75) is 24.8 Å². The number of nitrogens with zero attached hydrogens (tertiary/aromatic N) is 2. The molecular formula is C18H24FN3O2. The summed E-state index contributed by atoms with van der Waals surface area (Å²) in [5.41, 5.74) is -0.0325. The maximum atomic E-state index is 14.0. The Morgan fingerprint density at radius 3 is 2.71 bits per heavy atom. The lowest BCUT2D eigenvalue weighted by molar-refractivity contribution is -0.129. The highest BCUT2D eigenvalue weighted by atomic mass is 19.1. The van der Waals surface area contributed by atoms with Crippen LogP contribution in [-0.2, 0) is 15.1 Å². The SMILES string of the molecule is CN(C)CCN1C[C@H](C(=O)NC2(c3ccccc3F)CC2)CC1=O. The zero-order valence-corrected chi connectivity index (χ0v) is 14.2. The Hall–Kier alpha value is -1.95. The molecule has 0 aromatic heterocycles. The molecule has 130 valence electrons. The number of carbonyl (C=O) groups excluding carboxylic acids is 2. The van der Waals surface area contributed by atoms with Gasteiger partial charge < -0.3 is 15.1 Å². The summed E-state index contributed by atoms with van der Waals surface area (Å²) in [6, 6.07) is 6.58. The third-order valence-electron chi connectivity index (χ3n) is 4.90. The average Bonchev–Trinajstić information content (AvgIpc) is 3.20. The Kier molecular flexibility index (Phi) is 4.58. The molecule has 0 bridgehead atoms. The molecule has 24 heavy (non-hydrogen) atoms. The molecule has 2 fully saturated rings. The predicted octanol–water partition coefficient (Wildman–Crippen LogP) is 1.34. The molecule has 1 N–H and O–H groups in total. The fraction of sp³-hybridized carbons (Fsp3) is 0.556. The first kappa shape index (κ1) is 16.9. The van der Waals surface area contributed by atoms with E-state index in [1.54, 1.807) is 23.1 Å². The van der Waals surface area contributed by atoms with Crippen LogP contribution in [0.3, 0.4) is 0 Å². The van der Waals surface area contributed by atoms with E-state index in [9.17, 15) is 14.0 Å². The van der Waals surface area contributed by atoms with Crippen molar-refractivity contribution < 1.29 is 14.0 Å². The largest absolute Gasteiger partial charge is 0.346 e. The van der Waals surface area contributed by atoms with Gasteiger partial charge >= 0.3 is 0 Å². The van der Waals surface area contributed by atoms with E-state index in [2.05, 4.69) is 5.32 Å². The van der Waals surface area contributed by atoms with E-state index in [4.69, 9.17) is 0 Å². The van der Waals surface area contributed by atoms with Gasteiger partial charge in [-0.1, -0.05) is 18.2 Å². The average molecular weight is 333 g/mol. The molecule has 1 aromatic carbocycles. The quantitative estimate of drug-likeness (QED) is 0.855. The number of halogens is 1. The first-order valence-electron chi connectivity index (χ1n) is 8.41. The number of amides is 2. The van der Waals surface area contributed by atoms with Gasteiger partial charge in [-0.15, -0.1) is 0 Å². The van der Waals surface area contributed by atoms with Crippen LogP contribution in [0.2, 0.25) is 0 Å². The molecule has 0 spiro atoms. The summed E-state index contributed by atoms with van der Waals surface area (Å²) in [6.07, 6.45) is 1.72. The second-order valence-corrected chi connectivity index (χ2v) is 7.10. The van der Waals surface area contributed by atoms with E-state index >= 15 is 0 Å². The standard InChI is InChI=1S/C18H24FN3O2/c1-21(2)9-10-22-12-13(11-16(22)23)17(24)20-18(7-8-18)14-5-3-4-6-15(14)19/h3-6,13H,7-12H2,1-2H3,(H,20,24)/t13-/m1/s1. The molecule has 1 aliphatic carbocycles. The zero-order chi connectivity index (χ0) is 17.3. The van der Waals surface area contributed by atoms with Crippen LogP contribution in [0.15, 0.2) is 24.3 Å². The van der Waals surface area contributed by atoms with Crippen molar-refractivity contribution in [1.82, 2.24) is 15.1 Å². The fourth-order valence-corrected chi connectivity index (χ4v) is 3.26. The molecule has 3 rings (SSSR count). The van der Waals surface area contributed by atoms with E-state index in [1.807, 2.05) is 19.0 Å². The highest BCUT2D eigenvalue weighted by Gasteiger charge is 2.48. The van der Waals surface area contributed by atoms with Gasteiger partial charge in [0.2, 0.25) is 11.8 Å². The zero-order valence-electron chi connectivity index (χ0n) is 14.2. The van der Waals surface area contributed by atoms with E-state index in [0.717, 1.165) is 19.4 Å². The van der Waals surface area contributed by atoms with Crippen molar-refractivity contribution in [2.75, 3.05) is 33.7 Å². The van der Waals surface area contributed by atoms with Crippen LogP contribution in [0.4, 0.5) is 4.39 Å². The van der Waals surface area contributed by atoms with Crippen molar-refractivity contribution in [3.63, 3.8) is 0 Å². The third-order valence-corrected chi connectivity index (χ3v) is 4.90. The molecule has 1 saturated heterocycles. The van der Waals surface area contributed by atoms with Gasteiger partial charge in [-0.25, -0.2) is 4.39 Å². The maximum absolute atomic E-state index is 14.0. The molecule has 0 radical (unpaired) electrons. The lowest BCUT2D eigenvalue weighted by Gasteiger charge is -2.22. The van der Waals surface area contributed by atoms with E-state index < -0.39 is 5.54 Å². The predicted molar refractivity (Wildman–Crippen MR) is 88.7 cm³/mol. The van der Waals surface area contributed by atoms with Gasteiger partial charge in [0.05, 0.1) is 11.5 Å². The number of rotatable bonds is 6. The first-order chi connectivity index (χ1) is 11.4. The number of hydrogen-bond donors (Lipinski definition) is 1. The van der Waals surface area contributed by atoms with Crippen LogP contribution >= 0.6 is 0 Å². The number of nitrogens with one attached hydrogen (secondary N) is 1. The summed E-state index contributed by atoms with van der Waals surface area (Å²) >= 11 is 0. The Labute approximate surface area is 141 Å². The van der Waals surface area contributed by atoms with E-state index in [0.29, 0.717) is 18.7 Å². The van der Waals surface area contributed by atoms with Gasteiger partial charge in [-0.3, -0.25) is 9.59 Å². The summed E-state index contributed by atoms with van der Waals surface area (Å²) < 4.78 is 14.0. The second-order valence-electron chi connectivity index (χ2n) is 7.10. The van der Waals surface area contributed by atoms with E-state index in [1.165, 1.54) is 6.07 Å². The summed E-state index contributed by atoms with van der Waals surface area (Å²) in [7, 11) is 3.91. The highest BCUT2D eigenvalue weighted by molar-refractivity contribution is 5.89. The molecule has 5 nitrogen and oxygen atoms in total. The summed E-state index contributed by atoms with van der Waals surface area (Å²) in [6.45, 7) is 1.86. The van der Waals surface area contributed by atoms with Crippen LogP contribution in [0.25, 0.3) is 0 Å². The summed E-state index contributed by atoms with van der Waals surface area (Å²) in [5, 5.41) is 3.00. The van der Waals surface area contributed by atoms with Crippen LogP contribution in [0, 0.1) is 11.7 Å². The van der Waals surface area contributed by atoms with Crippen LogP contribution in [0.1, 0.15) is 24.8 Å². The van der Waals surface area contributed by atoms with Gasteiger partial charge in [-0.2, -0.15) is 0 Å². The summed E-state index contributed by atoms with van der Waals surface area (Å²) in [5.74, 6) is -0.751. The van der Waals surface area contributed by atoms with Gasteiger partial charge in [0.15, 0.2) is 0 Å². The molecule has 0 unspecified atom stereocenters. The topological polar surface area (TPSA) is 52.6 Å². The molecule has 1 heterocycles. The van der Waals surface area contributed by atoms with Crippen molar-refractivity contribution in [3.8, 4) is 0 Å². The molecule has 1 aromatic rings. The number of carbonyl (C=O) groups is 2. The Balaban J connectivity index is 1.62. The Bertz CT molecular complexity index is 643. The van der Waals surface area contributed by atoms with Gasteiger partial charge in [0.25, 0.3) is 0 Å². The minimum absolute atomic E-state index is 0.0211. The number of benzene rings is 1. The molecule has 1 saturated carbocycles. The van der Waals surface area contributed by atoms with Gasteiger partial charge in [0, 0.05) is 31.6 Å². The third kappa shape index (κ3) is 3.43. The number of likely N-dealkylation sites (tertiary alicyclic amines) is 1. The first-order valence-corrected chi connectivity index (χ1v) is 8.41. The molecule has 6 heteroatoms. The van der Waals surface area contributed by atoms with Crippen LogP contribution in [0.5, 0.6) is 0 Å². The fourth-order valence-electron chi connectivity index (χ4n) is 3.26. The normalized spacial score (nSPS) is 22.1. The van der Waals surface area contributed by atoms with Crippen molar-refractivity contribution in [2.24, 2.45) is 5.92 Å². The molecular weight excluding hydrogens is 309 g/mol. The lowest BCUT2D eigenvalue weighted by atomic mass is 10.0. The molecule has 1 atom stereocenters. The van der Waals surface area contributed by atoms with Crippen molar-refractivity contribution in [3.05, 3.63) is 35.6 Å². The second kappa shape index (κ2) is 6.51. The maximum Gasteiger partial charge on any atom is 0.226 e. The molecule has 2 aliphatic rings. The van der Waals surface area contributed by atoms with Gasteiger partial charge in [-0.05, 0) is 33.0 Å². The van der Waals surface area contributed by atoms with E-state index in [-0.39, 0.29) is 30.0 Å². The lowest BCUT2D eigenvalue weighted by Crippen LogP contribution is -2.40. The minimum Gasteiger partial charge on any atom is -0.346 e. The monoisotopic (exact) mass is 333 g/mol. The number of likely N-dealkylation sites (N-methyl/N-ethyl adjacent to an activating group) is 1. The highest BCUT2D eigenvalue weighted by Crippen LogP contribution is 2.46. The van der Waals surface area contributed by atoms with Gasteiger partial charge in [0.1, 0.15) is 5.82 Å². The molecule has 1 aliphatic heterocycles. The molecule has 2 amide bonds. The van der Waals surface area contributed by atoms with Crippen LogP contribution in [-0.4, -0.2) is 55.3 Å².